The molecule has 3 aromatic rings. The molecule has 1 heterocycles. The van der Waals surface area contributed by atoms with E-state index in [1.54, 1.807) is 36.7 Å². The molecule has 1 aromatic heterocycles. The Hall–Kier alpha value is -3.12. The fourth-order valence-corrected chi connectivity index (χ4v) is 3.45. The van der Waals surface area contributed by atoms with Crippen molar-refractivity contribution in [3.63, 3.8) is 0 Å². The number of aromatic nitrogens is 1. The summed E-state index contributed by atoms with van der Waals surface area (Å²) in [5, 5.41) is 5.44. The first-order valence-electron chi connectivity index (χ1n) is 8.92. The maximum atomic E-state index is 12.6. The van der Waals surface area contributed by atoms with Gasteiger partial charge >= 0.3 is 0 Å². The maximum absolute atomic E-state index is 12.6. The lowest BCUT2D eigenvalue weighted by atomic mass is 10.1. The molecule has 0 aliphatic rings. The molecule has 6 heteroatoms. The van der Waals surface area contributed by atoms with Crippen molar-refractivity contribution in [2.45, 2.75) is 23.6 Å². The number of benzene rings is 2. The summed E-state index contributed by atoms with van der Waals surface area (Å²) in [6.45, 7) is 2.22. The Kier molecular flexibility index (Phi) is 6.81. The van der Waals surface area contributed by atoms with Crippen LogP contribution >= 0.6 is 11.8 Å². The van der Waals surface area contributed by atoms with Crippen molar-refractivity contribution in [1.82, 2.24) is 10.3 Å². The molecule has 0 fully saturated rings. The lowest BCUT2D eigenvalue weighted by Crippen LogP contribution is -2.27. The Morgan fingerprint density at radius 2 is 1.75 bits per heavy atom. The van der Waals surface area contributed by atoms with Crippen LogP contribution in [0.2, 0.25) is 0 Å². The van der Waals surface area contributed by atoms with Crippen molar-refractivity contribution in [1.29, 1.82) is 0 Å². The second-order valence-corrected chi connectivity index (χ2v) is 7.57. The highest BCUT2D eigenvalue weighted by Crippen LogP contribution is 2.24. The monoisotopic (exact) mass is 391 g/mol. The van der Waals surface area contributed by atoms with Crippen LogP contribution in [0.1, 0.15) is 22.8 Å². The Labute approximate surface area is 168 Å². The molecule has 2 aromatic carbocycles. The number of anilines is 1. The summed E-state index contributed by atoms with van der Waals surface area (Å²) in [6.07, 6.45) is 3.39. The van der Waals surface area contributed by atoms with E-state index in [-0.39, 0.29) is 17.1 Å². The van der Waals surface area contributed by atoms with Gasteiger partial charge in [0.25, 0.3) is 5.91 Å². The fourth-order valence-electron chi connectivity index (χ4n) is 2.56. The van der Waals surface area contributed by atoms with Gasteiger partial charge < -0.3 is 10.6 Å². The molecule has 3 rings (SSSR count). The highest BCUT2D eigenvalue weighted by Gasteiger charge is 2.18. The Bertz CT molecular complexity index is 933. The average Bonchev–Trinajstić information content (AvgIpc) is 2.74. The van der Waals surface area contributed by atoms with Crippen molar-refractivity contribution in [2.75, 3.05) is 5.32 Å². The molecule has 1 atom stereocenters. The molecule has 28 heavy (non-hydrogen) atoms. The third-order valence-corrected chi connectivity index (χ3v) is 5.14. The minimum atomic E-state index is -0.297. The molecule has 5 nitrogen and oxygen atoms in total. The Morgan fingerprint density at radius 3 is 2.50 bits per heavy atom. The van der Waals surface area contributed by atoms with Gasteiger partial charge in [-0.1, -0.05) is 36.4 Å². The van der Waals surface area contributed by atoms with E-state index in [0.29, 0.717) is 17.8 Å². The molecule has 0 saturated heterocycles. The normalized spacial score (nSPS) is 11.5. The number of carbonyl (C=O) groups excluding carboxylic acids is 2. The molecule has 0 aliphatic carbocycles. The first kappa shape index (κ1) is 19.6. The van der Waals surface area contributed by atoms with Gasteiger partial charge in [0, 0.05) is 23.8 Å². The molecule has 0 bridgehead atoms. The molecule has 0 saturated carbocycles. The molecular formula is C22H21N3O2S. The minimum Gasteiger partial charge on any atom is -0.348 e. The number of nitrogens with zero attached hydrogens (tertiary/aromatic N) is 1. The zero-order chi connectivity index (χ0) is 19.8. The number of thioether (sulfide) groups is 1. The molecule has 0 aliphatic heterocycles. The predicted octanol–water partition coefficient (Wildman–Crippen LogP) is 4.13. The highest BCUT2D eigenvalue weighted by atomic mass is 32.2. The third-order valence-electron chi connectivity index (χ3n) is 4.03. The maximum Gasteiger partial charge on any atom is 0.253 e. The molecule has 0 spiro atoms. The van der Waals surface area contributed by atoms with Gasteiger partial charge in [-0.25, -0.2) is 0 Å². The molecule has 2 amide bonds. The molecule has 142 valence electrons. The van der Waals surface area contributed by atoms with E-state index in [9.17, 15) is 9.59 Å². The molecular weight excluding hydrogens is 370 g/mol. The minimum absolute atomic E-state index is 0.152. The van der Waals surface area contributed by atoms with Crippen molar-refractivity contribution in [3.05, 3.63) is 90.3 Å². The van der Waals surface area contributed by atoms with Crippen LogP contribution in [-0.2, 0) is 11.3 Å². The lowest BCUT2D eigenvalue weighted by molar-refractivity contribution is -0.115. The summed E-state index contributed by atoms with van der Waals surface area (Å²) in [5.74, 6) is -0.399. The van der Waals surface area contributed by atoms with Crippen LogP contribution < -0.4 is 10.6 Å². The van der Waals surface area contributed by atoms with E-state index < -0.39 is 0 Å². The Balaban J connectivity index is 1.64. The largest absolute Gasteiger partial charge is 0.348 e. The average molecular weight is 391 g/mol. The number of para-hydroxylation sites is 1. The van der Waals surface area contributed by atoms with E-state index in [4.69, 9.17) is 0 Å². The van der Waals surface area contributed by atoms with E-state index >= 15 is 0 Å². The Morgan fingerprint density at radius 1 is 1.00 bits per heavy atom. The summed E-state index contributed by atoms with van der Waals surface area (Å²) in [7, 11) is 0. The van der Waals surface area contributed by atoms with Gasteiger partial charge in [0.05, 0.1) is 16.5 Å². The number of rotatable bonds is 7. The second kappa shape index (κ2) is 9.71. The number of nitrogens with one attached hydrogen (secondary N) is 2. The summed E-state index contributed by atoms with van der Waals surface area (Å²) in [6, 6.07) is 20.5. The molecule has 0 radical (unpaired) electrons. The number of carbonyl (C=O) groups is 2. The third kappa shape index (κ3) is 5.44. The van der Waals surface area contributed by atoms with Crippen molar-refractivity contribution in [3.8, 4) is 0 Å². The van der Waals surface area contributed by atoms with Gasteiger partial charge in [-0.15, -0.1) is 11.8 Å². The lowest BCUT2D eigenvalue weighted by Gasteiger charge is -2.15. The number of amides is 2. The van der Waals surface area contributed by atoms with Crippen molar-refractivity contribution in [2.24, 2.45) is 0 Å². The van der Waals surface area contributed by atoms with E-state index in [1.165, 1.54) is 11.8 Å². The second-order valence-electron chi connectivity index (χ2n) is 6.15. The van der Waals surface area contributed by atoms with Crippen molar-refractivity contribution < 1.29 is 9.59 Å². The highest BCUT2D eigenvalue weighted by molar-refractivity contribution is 8.00. The van der Waals surface area contributed by atoms with Gasteiger partial charge in [-0.2, -0.15) is 0 Å². The van der Waals surface area contributed by atoms with Crippen LogP contribution in [0.3, 0.4) is 0 Å². The van der Waals surface area contributed by atoms with E-state index in [2.05, 4.69) is 15.6 Å². The zero-order valence-electron chi connectivity index (χ0n) is 15.5. The van der Waals surface area contributed by atoms with Crippen LogP contribution in [0.5, 0.6) is 0 Å². The summed E-state index contributed by atoms with van der Waals surface area (Å²) in [4.78, 5) is 30.2. The fraction of sp³-hybridized carbons (Fsp3) is 0.136. The summed E-state index contributed by atoms with van der Waals surface area (Å²) < 4.78 is 0. The van der Waals surface area contributed by atoms with Gasteiger partial charge in [0.15, 0.2) is 0 Å². The molecule has 0 unspecified atom stereocenters. The zero-order valence-corrected chi connectivity index (χ0v) is 16.3. The summed E-state index contributed by atoms with van der Waals surface area (Å²) >= 11 is 1.47. The van der Waals surface area contributed by atoms with Crippen LogP contribution in [0.15, 0.2) is 84.0 Å². The van der Waals surface area contributed by atoms with E-state index in [1.807, 2.05) is 49.4 Å². The topological polar surface area (TPSA) is 71.1 Å². The quantitative estimate of drug-likeness (QED) is 0.594. The molecule has 2 N–H and O–H groups in total. The predicted molar refractivity (Wildman–Crippen MR) is 112 cm³/mol. The number of pyridine rings is 1. The van der Waals surface area contributed by atoms with E-state index in [0.717, 1.165) is 10.5 Å². The van der Waals surface area contributed by atoms with Crippen LogP contribution in [0, 0.1) is 0 Å². The van der Waals surface area contributed by atoms with Gasteiger partial charge in [0.1, 0.15) is 0 Å². The van der Waals surface area contributed by atoms with Crippen LogP contribution in [-0.4, -0.2) is 22.0 Å². The van der Waals surface area contributed by atoms with Gasteiger partial charge in [-0.05, 0) is 42.8 Å². The number of hydrogen-bond donors (Lipinski definition) is 2. The SMILES string of the molecule is C[C@@H](Sc1ccccc1)C(=O)Nc1ccccc1C(=O)NCc1cccnc1. The first-order chi connectivity index (χ1) is 13.6. The first-order valence-corrected chi connectivity index (χ1v) is 9.80. The smallest absolute Gasteiger partial charge is 0.253 e. The number of hydrogen-bond acceptors (Lipinski definition) is 4. The van der Waals surface area contributed by atoms with Crippen LogP contribution in [0.25, 0.3) is 0 Å². The summed E-state index contributed by atoms with van der Waals surface area (Å²) in [5.41, 5.74) is 1.83. The van der Waals surface area contributed by atoms with Gasteiger partial charge in [0.2, 0.25) is 5.91 Å². The standard InChI is InChI=1S/C22H21N3O2S/c1-16(28-18-9-3-2-4-10-18)21(26)25-20-12-6-5-11-19(20)22(27)24-15-17-8-7-13-23-14-17/h2-14,16H,15H2,1H3,(H,24,27)(H,25,26)/t16-/m1/s1. The van der Waals surface area contributed by atoms with Crippen molar-refractivity contribution >= 4 is 29.3 Å². The van der Waals surface area contributed by atoms with Crippen LogP contribution in [0.4, 0.5) is 5.69 Å². The van der Waals surface area contributed by atoms with Gasteiger partial charge in [-0.3, -0.25) is 14.6 Å².